The number of carbonyl (C=O) groups excluding carboxylic acids is 1. The highest BCUT2D eigenvalue weighted by Gasteiger charge is 2.11. The number of ether oxygens (including phenoxy) is 1. The fourth-order valence-corrected chi connectivity index (χ4v) is 1.58. The van der Waals surface area contributed by atoms with Crippen LogP contribution >= 0.6 is 23.2 Å². The van der Waals surface area contributed by atoms with E-state index < -0.39 is 5.97 Å². The summed E-state index contributed by atoms with van der Waals surface area (Å²) in [6, 6.07) is 6.29. The van der Waals surface area contributed by atoms with Gasteiger partial charge in [0, 0.05) is 10.0 Å². The van der Waals surface area contributed by atoms with Crippen LogP contribution in [0.3, 0.4) is 0 Å². The molecule has 0 aliphatic rings. The third kappa shape index (κ3) is 4.24. The Labute approximate surface area is 114 Å². The van der Waals surface area contributed by atoms with Crippen LogP contribution in [-0.4, -0.2) is 18.3 Å². The van der Waals surface area contributed by atoms with Crippen molar-refractivity contribution in [3.63, 3.8) is 0 Å². The van der Waals surface area contributed by atoms with Crippen molar-refractivity contribution in [1.29, 1.82) is 5.26 Å². The minimum absolute atomic E-state index is 0.169. The topological polar surface area (TPSA) is 74.5 Å². The Bertz CT molecular complexity index is 503. The number of hydrogen-bond donors (Lipinski definition) is 1. The largest absolute Gasteiger partial charge is 0.461 e. The van der Waals surface area contributed by atoms with Crippen LogP contribution in [0.15, 0.2) is 23.3 Å². The molecule has 5 nitrogen and oxygen atoms in total. The molecular formula is C11H9Cl2N3O2. The van der Waals surface area contributed by atoms with E-state index in [-0.39, 0.29) is 12.3 Å². The number of nitrogens with zero attached hydrogens (tertiary/aromatic N) is 2. The minimum Gasteiger partial charge on any atom is -0.461 e. The second kappa shape index (κ2) is 6.84. The third-order valence-corrected chi connectivity index (χ3v) is 2.17. The summed E-state index contributed by atoms with van der Waals surface area (Å²) < 4.78 is 4.65. The third-order valence-electron chi connectivity index (χ3n) is 1.73. The molecule has 0 aliphatic carbocycles. The second-order valence-corrected chi connectivity index (χ2v) is 3.94. The van der Waals surface area contributed by atoms with E-state index in [0.717, 1.165) is 0 Å². The average molecular weight is 286 g/mol. The standard InChI is InChI=1S/C11H9Cl2N3O2/c1-2-18-11(17)10(6-14)16-15-9-4-7(12)3-8(13)5-9/h3-5,15H,2H2,1H3/b16-10+. The summed E-state index contributed by atoms with van der Waals surface area (Å²) in [4.78, 5) is 11.3. The Kier molecular flexibility index (Phi) is 5.43. The van der Waals surface area contributed by atoms with E-state index in [1.807, 2.05) is 0 Å². The lowest BCUT2D eigenvalue weighted by Gasteiger charge is -2.03. The van der Waals surface area contributed by atoms with Gasteiger partial charge in [-0.3, -0.25) is 5.43 Å². The van der Waals surface area contributed by atoms with Crippen LogP contribution in [0.25, 0.3) is 0 Å². The molecule has 0 amide bonds. The molecule has 0 saturated carbocycles. The maximum atomic E-state index is 11.3. The number of nitriles is 1. The normalized spacial score (nSPS) is 10.7. The maximum absolute atomic E-state index is 11.3. The lowest BCUT2D eigenvalue weighted by Crippen LogP contribution is -2.17. The minimum atomic E-state index is -0.791. The average Bonchev–Trinajstić information content (AvgIpc) is 2.29. The van der Waals surface area contributed by atoms with Crippen LogP contribution < -0.4 is 5.43 Å². The van der Waals surface area contributed by atoms with Crippen molar-refractivity contribution in [2.45, 2.75) is 6.92 Å². The summed E-state index contributed by atoms with van der Waals surface area (Å²) >= 11 is 11.6. The number of benzene rings is 1. The molecule has 0 unspecified atom stereocenters. The first kappa shape index (κ1) is 14.3. The first-order valence-corrected chi connectivity index (χ1v) is 5.69. The molecule has 0 aliphatic heterocycles. The zero-order chi connectivity index (χ0) is 13.5. The van der Waals surface area contributed by atoms with E-state index in [4.69, 9.17) is 28.5 Å². The van der Waals surface area contributed by atoms with Crippen LogP contribution in [-0.2, 0) is 9.53 Å². The van der Waals surface area contributed by atoms with Gasteiger partial charge in [0.1, 0.15) is 6.07 Å². The van der Waals surface area contributed by atoms with E-state index in [0.29, 0.717) is 15.7 Å². The van der Waals surface area contributed by atoms with Gasteiger partial charge in [-0.15, -0.1) is 0 Å². The van der Waals surface area contributed by atoms with Crippen molar-refractivity contribution < 1.29 is 9.53 Å². The SMILES string of the molecule is CCOC(=O)/C(C#N)=N/Nc1cc(Cl)cc(Cl)c1. The van der Waals surface area contributed by atoms with Gasteiger partial charge >= 0.3 is 5.97 Å². The van der Waals surface area contributed by atoms with Crippen LogP contribution in [0, 0.1) is 11.3 Å². The van der Waals surface area contributed by atoms with E-state index in [9.17, 15) is 4.79 Å². The molecule has 0 bridgehead atoms. The van der Waals surface area contributed by atoms with Gasteiger partial charge in [-0.25, -0.2) is 4.79 Å². The molecule has 1 N–H and O–H groups in total. The molecule has 0 radical (unpaired) electrons. The van der Waals surface area contributed by atoms with Gasteiger partial charge in [-0.2, -0.15) is 10.4 Å². The fourth-order valence-electron chi connectivity index (χ4n) is 1.05. The number of nitrogens with one attached hydrogen (secondary N) is 1. The van der Waals surface area contributed by atoms with Crippen LogP contribution in [0.1, 0.15) is 6.92 Å². The summed E-state index contributed by atoms with van der Waals surface area (Å²) in [7, 11) is 0. The Balaban J connectivity index is 2.83. The molecule has 1 aromatic carbocycles. The molecular weight excluding hydrogens is 277 g/mol. The van der Waals surface area contributed by atoms with Crippen molar-refractivity contribution in [2.24, 2.45) is 5.10 Å². The number of hydrazone groups is 1. The Morgan fingerprint density at radius 2 is 2.06 bits per heavy atom. The number of rotatable bonds is 4. The van der Waals surface area contributed by atoms with Crippen LogP contribution in [0.5, 0.6) is 0 Å². The highest BCUT2D eigenvalue weighted by Crippen LogP contribution is 2.22. The van der Waals surface area contributed by atoms with Crippen molar-refractivity contribution in [3.05, 3.63) is 28.2 Å². The smallest absolute Gasteiger partial charge is 0.369 e. The first-order valence-electron chi connectivity index (χ1n) is 4.93. The molecule has 1 aromatic rings. The number of carbonyl (C=O) groups is 1. The monoisotopic (exact) mass is 285 g/mol. The maximum Gasteiger partial charge on any atom is 0.369 e. The van der Waals surface area contributed by atoms with Crippen molar-refractivity contribution in [3.8, 4) is 6.07 Å². The predicted molar refractivity (Wildman–Crippen MR) is 69.8 cm³/mol. The van der Waals surface area contributed by atoms with Gasteiger partial charge < -0.3 is 4.74 Å². The molecule has 0 heterocycles. The van der Waals surface area contributed by atoms with Gasteiger partial charge in [0.25, 0.3) is 0 Å². The second-order valence-electron chi connectivity index (χ2n) is 3.06. The molecule has 0 atom stereocenters. The van der Waals surface area contributed by atoms with E-state index in [1.54, 1.807) is 31.2 Å². The molecule has 0 fully saturated rings. The van der Waals surface area contributed by atoms with E-state index >= 15 is 0 Å². The first-order chi connectivity index (χ1) is 8.56. The highest BCUT2D eigenvalue weighted by atomic mass is 35.5. The van der Waals surface area contributed by atoms with Gasteiger partial charge in [-0.05, 0) is 25.1 Å². The zero-order valence-corrected chi connectivity index (χ0v) is 10.9. The van der Waals surface area contributed by atoms with Crippen molar-refractivity contribution >= 4 is 40.6 Å². The van der Waals surface area contributed by atoms with Crippen molar-refractivity contribution in [1.82, 2.24) is 0 Å². The van der Waals surface area contributed by atoms with Gasteiger partial charge in [-0.1, -0.05) is 23.2 Å². The van der Waals surface area contributed by atoms with Gasteiger partial charge in [0.2, 0.25) is 5.71 Å². The summed E-state index contributed by atoms with van der Waals surface area (Å²) in [6.45, 7) is 1.81. The molecule has 18 heavy (non-hydrogen) atoms. The van der Waals surface area contributed by atoms with Crippen molar-refractivity contribution in [2.75, 3.05) is 12.0 Å². The highest BCUT2D eigenvalue weighted by molar-refractivity contribution is 6.43. The summed E-state index contributed by atoms with van der Waals surface area (Å²) in [5.41, 5.74) is 2.59. The Morgan fingerprint density at radius 3 is 2.56 bits per heavy atom. The lowest BCUT2D eigenvalue weighted by atomic mass is 10.3. The van der Waals surface area contributed by atoms with E-state index in [1.165, 1.54) is 0 Å². The van der Waals surface area contributed by atoms with Gasteiger partial charge in [0.05, 0.1) is 12.3 Å². The summed E-state index contributed by atoms with van der Waals surface area (Å²) in [6.07, 6.45) is 0. The molecule has 0 saturated heterocycles. The number of halogens is 2. The quantitative estimate of drug-likeness (QED) is 0.524. The summed E-state index contributed by atoms with van der Waals surface area (Å²) in [5.74, 6) is -0.791. The number of hydrogen-bond acceptors (Lipinski definition) is 5. The number of anilines is 1. The van der Waals surface area contributed by atoms with E-state index in [2.05, 4.69) is 15.3 Å². The molecule has 0 aromatic heterocycles. The predicted octanol–water partition coefficient (Wildman–Crippen LogP) is 2.85. The Morgan fingerprint density at radius 1 is 1.44 bits per heavy atom. The van der Waals surface area contributed by atoms with Gasteiger partial charge in [0.15, 0.2) is 0 Å². The lowest BCUT2D eigenvalue weighted by molar-refractivity contribution is -0.134. The molecule has 1 rings (SSSR count). The summed E-state index contributed by atoms with van der Waals surface area (Å²) in [5, 5.41) is 13.2. The molecule has 0 spiro atoms. The van der Waals surface area contributed by atoms with Crippen LogP contribution in [0.2, 0.25) is 10.0 Å². The fraction of sp³-hybridized carbons (Fsp3) is 0.182. The molecule has 7 heteroatoms. The zero-order valence-electron chi connectivity index (χ0n) is 9.41. The van der Waals surface area contributed by atoms with Crippen LogP contribution in [0.4, 0.5) is 5.69 Å². The number of esters is 1. The molecule has 94 valence electrons. The Hall–Kier alpha value is -1.77.